The van der Waals surface area contributed by atoms with Gasteiger partial charge in [-0.1, -0.05) is 133 Å². The summed E-state index contributed by atoms with van der Waals surface area (Å²) >= 11 is 0. The molecule has 2 heterocycles. The smallest absolute Gasteiger partial charge is 0.0541 e. The molecular weight excluding hydrogens is 667 g/mol. The van der Waals surface area contributed by atoms with Crippen molar-refractivity contribution in [3.05, 3.63) is 211 Å². The zero-order valence-corrected chi connectivity index (χ0v) is 30.5. The van der Waals surface area contributed by atoms with Crippen molar-refractivity contribution < 1.29 is 0 Å². The van der Waals surface area contributed by atoms with E-state index < -0.39 is 0 Å². The van der Waals surface area contributed by atoms with Gasteiger partial charge < -0.3 is 14.9 Å². The molecule has 55 heavy (non-hydrogen) atoms. The van der Waals surface area contributed by atoms with E-state index in [1.807, 2.05) is 18.2 Å². The van der Waals surface area contributed by atoms with E-state index in [0.29, 0.717) is 6.54 Å². The second-order valence-corrected chi connectivity index (χ2v) is 14.3. The van der Waals surface area contributed by atoms with E-state index in [0.717, 1.165) is 44.8 Å². The molecule has 3 heteroatoms. The van der Waals surface area contributed by atoms with Crippen LogP contribution in [0, 0.1) is 12.1 Å². The molecule has 0 radical (unpaired) electrons. The van der Waals surface area contributed by atoms with E-state index in [4.69, 9.17) is 5.73 Å². The number of benzene rings is 7. The summed E-state index contributed by atoms with van der Waals surface area (Å²) in [6.07, 6.45) is 0. The van der Waals surface area contributed by atoms with Crippen molar-refractivity contribution in [3.8, 4) is 27.9 Å². The Labute approximate surface area is 320 Å². The molecule has 0 aliphatic carbocycles. The average molecular weight is 704 g/mol. The number of rotatable bonds is 7. The number of nitrogens with zero attached hydrogens (tertiary/aromatic N) is 2. The fraction of sp³-hybridized carbons (Fsp3) is 0.0385. The molecule has 0 bridgehead atoms. The quantitative estimate of drug-likeness (QED) is 0.165. The lowest BCUT2D eigenvalue weighted by molar-refractivity contribution is 0.851. The van der Waals surface area contributed by atoms with Gasteiger partial charge in [0, 0.05) is 56.1 Å². The Hall–Kier alpha value is -7.28. The summed E-state index contributed by atoms with van der Waals surface area (Å²) in [5, 5.41) is 4.94. The van der Waals surface area contributed by atoms with Crippen LogP contribution in [0.1, 0.15) is 18.1 Å². The Morgan fingerprint density at radius 3 is 1.96 bits per heavy atom. The van der Waals surface area contributed by atoms with Gasteiger partial charge in [0.25, 0.3) is 0 Å². The highest BCUT2D eigenvalue weighted by atomic mass is 15.0. The number of fused-ring (bicyclic) bond motifs is 6. The molecule has 2 N–H and O–H groups in total. The Morgan fingerprint density at radius 1 is 0.527 bits per heavy atom. The predicted octanol–water partition coefficient (Wildman–Crippen LogP) is 12.9. The average Bonchev–Trinajstić information content (AvgIpc) is 3.74. The van der Waals surface area contributed by atoms with E-state index in [-0.39, 0.29) is 0 Å². The number of para-hydroxylation sites is 4. The Kier molecular flexibility index (Phi) is 7.82. The van der Waals surface area contributed by atoms with Crippen LogP contribution in [0.3, 0.4) is 0 Å². The Bertz CT molecular complexity index is 3070. The lowest BCUT2D eigenvalue weighted by Crippen LogP contribution is -2.04. The third-order valence-corrected chi connectivity index (χ3v) is 11.0. The summed E-state index contributed by atoms with van der Waals surface area (Å²) in [5.74, 6) is 0. The molecule has 10 rings (SSSR count). The van der Waals surface area contributed by atoms with Gasteiger partial charge in [0.15, 0.2) is 0 Å². The van der Waals surface area contributed by atoms with Crippen LogP contribution < -0.4 is 5.73 Å². The van der Waals surface area contributed by atoms with Crippen molar-refractivity contribution in [3.63, 3.8) is 0 Å². The molecule has 3 nitrogen and oxygen atoms in total. The van der Waals surface area contributed by atoms with Crippen LogP contribution in [0.4, 0.5) is 5.69 Å². The molecule has 8 aromatic carbocycles. The minimum atomic E-state index is 0.707. The molecule has 0 aliphatic rings. The second kappa shape index (κ2) is 13.3. The molecule has 0 saturated carbocycles. The molecule has 0 unspecified atom stereocenters. The summed E-state index contributed by atoms with van der Waals surface area (Å²) < 4.78 is 4.81. The molecule has 0 saturated heterocycles. The maximum absolute atomic E-state index is 6.62. The molecule has 260 valence electrons. The minimum Gasteiger partial charge on any atom is -0.398 e. The maximum Gasteiger partial charge on any atom is 0.0541 e. The van der Waals surface area contributed by atoms with Crippen LogP contribution in [0.25, 0.3) is 77.1 Å². The first-order chi connectivity index (χ1) is 27.1. The van der Waals surface area contributed by atoms with Crippen LogP contribution in [0.2, 0.25) is 0 Å². The van der Waals surface area contributed by atoms with Crippen molar-refractivity contribution >= 4 is 54.9 Å². The number of hydrogen-bond donors (Lipinski definition) is 1. The predicted molar refractivity (Wildman–Crippen MR) is 231 cm³/mol. The summed E-state index contributed by atoms with van der Waals surface area (Å²) in [4.78, 5) is 0. The number of allylic oxidation sites excluding steroid dienone is 1. The second-order valence-electron chi connectivity index (χ2n) is 14.3. The van der Waals surface area contributed by atoms with Crippen molar-refractivity contribution in [1.82, 2.24) is 9.13 Å². The normalized spacial score (nSPS) is 12.0. The molecule has 10 aromatic rings. The summed E-state index contributed by atoms with van der Waals surface area (Å²) in [7, 11) is 0. The van der Waals surface area contributed by atoms with Crippen LogP contribution in [-0.2, 0) is 6.54 Å². The molecular formula is C52H37N3. The van der Waals surface area contributed by atoms with Crippen molar-refractivity contribution in [2.24, 2.45) is 0 Å². The van der Waals surface area contributed by atoms with Gasteiger partial charge in [-0.25, -0.2) is 0 Å². The zero-order chi connectivity index (χ0) is 36.9. The third kappa shape index (κ3) is 5.55. The van der Waals surface area contributed by atoms with Crippen LogP contribution in [0.15, 0.2) is 188 Å². The lowest BCUT2D eigenvalue weighted by atomic mass is 9.92. The highest BCUT2D eigenvalue weighted by Crippen LogP contribution is 2.38. The number of nitrogens with two attached hydrogens (primary N) is 1. The summed E-state index contributed by atoms with van der Waals surface area (Å²) in [6.45, 7) is 2.94. The number of aromatic nitrogens is 2. The first-order valence-electron chi connectivity index (χ1n) is 18.8. The van der Waals surface area contributed by atoms with Gasteiger partial charge in [-0.2, -0.15) is 0 Å². The third-order valence-electron chi connectivity index (χ3n) is 11.0. The zero-order valence-electron chi connectivity index (χ0n) is 30.5. The number of nitrogen functional groups attached to an aromatic ring is 1. The molecule has 0 atom stereocenters. The maximum atomic E-state index is 6.62. The number of anilines is 1. The van der Waals surface area contributed by atoms with E-state index in [1.54, 1.807) is 0 Å². The van der Waals surface area contributed by atoms with Gasteiger partial charge in [0.2, 0.25) is 0 Å². The van der Waals surface area contributed by atoms with E-state index in [1.165, 1.54) is 54.8 Å². The highest BCUT2D eigenvalue weighted by Gasteiger charge is 2.17. The van der Waals surface area contributed by atoms with Crippen LogP contribution >= 0.6 is 0 Å². The van der Waals surface area contributed by atoms with Gasteiger partial charge in [-0.05, 0) is 101 Å². The fourth-order valence-corrected chi connectivity index (χ4v) is 8.42. The summed E-state index contributed by atoms with van der Waals surface area (Å²) in [5.41, 5.74) is 22.3. The van der Waals surface area contributed by atoms with Crippen molar-refractivity contribution in [2.45, 2.75) is 13.5 Å². The van der Waals surface area contributed by atoms with E-state index in [9.17, 15) is 0 Å². The largest absolute Gasteiger partial charge is 0.398 e. The lowest BCUT2D eigenvalue weighted by Gasteiger charge is -2.17. The molecule has 0 aliphatic heterocycles. The Morgan fingerprint density at radius 2 is 1.16 bits per heavy atom. The SMILES string of the molecule is C/C(Cn1c2ccccc2c2ccc(-c3c#ccc(-c4ccc5c(c4)c4ccccc4n5-c4ccccc4)c3)cc21)=C(\c1ccccc1)c1ccccc1N. The van der Waals surface area contributed by atoms with E-state index in [2.05, 4.69) is 192 Å². The Balaban J connectivity index is 1.09. The summed E-state index contributed by atoms with van der Waals surface area (Å²) in [6, 6.07) is 71.5. The van der Waals surface area contributed by atoms with Crippen molar-refractivity contribution in [1.29, 1.82) is 0 Å². The van der Waals surface area contributed by atoms with Gasteiger partial charge in [-0.3, -0.25) is 0 Å². The number of hydrogen-bond acceptors (Lipinski definition) is 1. The fourth-order valence-electron chi connectivity index (χ4n) is 8.42. The van der Waals surface area contributed by atoms with Crippen LogP contribution in [0.5, 0.6) is 0 Å². The van der Waals surface area contributed by atoms with Gasteiger partial charge in [0.1, 0.15) is 0 Å². The van der Waals surface area contributed by atoms with Gasteiger partial charge in [0.05, 0.1) is 16.6 Å². The van der Waals surface area contributed by atoms with E-state index >= 15 is 0 Å². The van der Waals surface area contributed by atoms with Gasteiger partial charge in [-0.15, -0.1) is 0 Å². The first kappa shape index (κ1) is 32.4. The standard InChI is InChI=1S/C52H37N3/c1-35(52(36-15-4-2-5-16-36)45-23-8-11-24-47(45)53)34-54-48-25-12-9-21-42(48)44-29-27-40(33-51(44)54)38-18-14-17-37(31-38)39-28-30-50-46(32-39)43-22-10-13-26-49(43)55(50)41-19-6-3-7-20-41/h2-13,15-17,19-33H,34,53H2,1H3/b52-35-. The molecule has 2 aromatic heterocycles. The van der Waals surface area contributed by atoms with Crippen LogP contribution in [-0.4, -0.2) is 9.13 Å². The molecule has 0 spiro atoms. The highest BCUT2D eigenvalue weighted by molar-refractivity contribution is 6.11. The topological polar surface area (TPSA) is 35.9 Å². The molecule has 0 amide bonds. The minimum absolute atomic E-state index is 0.707. The monoisotopic (exact) mass is 703 g/mol. The molecule has 0 fully saturated rings. The van der Waals surface area contributed by atoms with Crippen molar-refractivity contribution in [2.75, 3.05) is 5.73 Å². The first-order valence-corrected chi connectivity index (χ1v) is 18.8. The van der Waals surface area contributed by atoms with Gasteiger partial charge >= 0.3 is 0 Å².